The Balaban J connectivity index is 2.26. The molecule has 1 aromatic rings. The highest BCUT2D eigenvalue weighted by Gasteiger charge is 2.34. The summed E-state index contributed by atoms with van der Waals surface area (Å²) in [5.74, 6) is 5.20. The lowest BCUT2D eigenvalue weighted by Gasteiger charge is -2.20. The van der Waals surface area contributed by atoms with Crippen LogP contribution in [0.3, 0.4) is 0 Å². The van der Waals surface area contributed by atoms with E-state index in [1.165, 1.54) is 0 Å². The SMILES string of the molecule is CC1(O)CCN(C(=O)c2cc(Cl)ccc2NN)C1. The predicted octanol–water partition coefficient (Wildman–Crippen LogP) is 1.22. The Hall–Kier alpha value is -1.30. The summed E-state index contributed by atoms with van der Waals surface area (Å²) in [6, 6.07) is 4.89. The van der Waals surface area contributed by atoms with Crippen molar-refractivity contribution in [1.29, 1.82) is 0 Å². The Morgan fingerprint density at radius 3 is 2.89 bits per heavy atom. The van der Waals surface area contributed by atoms with Crippen molar-refractivity contribution >= 4 is 23.2 Å². The molecule has 0 saturated carbocycles. The molecule has 1 heterocycles. The maximum absolute atomic E-state index is 12.3. The van der Waals surface area contributed by atoms with Crippen molar-refractivity contribution in [3.05, 3.63) is 28.8 Å². The van der Waals surface area contributed by atoms with Gasteiger partial charge in [-0.3, -0.25) is 10.6 Å². The highest BCUT2D eigenvalue weighted by Crippen LogP contribution is 2.26. The Labute approximate surface area is 110 Å². The van der Waals surface area contributed by atoms with Crippen LogP contribution in [0.25, 0.3) is 0 Å². The van der Waals surface area contributed by atoms with Crippen molar-refractivity contribution in [2.75, 3.05) is 18.5 Å². The lowest BCUT2D eigenvalue weighted by atomic mass is 10.1. The number of β-amino-alcohol motifs (C(OH)–C–C–N with tert-alkyl or cyclic N) is 1. The zero-order valence-electron chi connectivity index (χ0n) is 10.1. The third-order valence-electron chi connectivity index (χ3n) is 3.11. The highest BCUT2D eigenvalue weighted by atomic mass is 35.5. The number of nitrogens with zero attached hydrogens (tertiary/aromatic N) is 1. The van der Waals surface area contributed by atoms with Crippen LogP contribution in [0.2, 0.25) is 5.02 Å². The average Bonchev–Trinajstić information content (AvgIpc) is 2.68. The number of carbonyl (C=O) groups excluding carboxylic acids is 1. The third-order valence-corrected chi connectivity index (χ3v) is 3.34. The maximum atomic E-state index is 12.3. The molecule has 1 aromatic carbocycles. The molecule has 0 spiro atoms. The first kappa shape index (κ1) is 13.1. The summed E-state index contributed by atoms with van der Waals surface area (Å²) in [6.45, 7) is 2.57. The number of hydrogen-bond acceptors (Lipinski definition) is 4. The zero-order valence-corrected chi connectivity index (χ0v) is 10.9. The van der Waals surface area contributed by atoms with Gasteiger partial charge in [0.05, 0.1) is 16.9 Å². The van der Waals surface area contributed by atoms with Crippen molar-refractivity contribution in [2.45, 2.75) is 18.9 Å². The molecule has 0 bridgehead atoms. The van der Waals surface area contributed by atoms with Gasteiger partial charge in [-0.2, -0.15) is 0 Å². The molecule has 0 aromatic heterocycles. The molecule has 1 amide bonds. The summed E-state index contributed by atoms with van der Waals surface area (Å²) < 4.78 is 0. The Bertz CT molecular complexity index is 476. The van der Waals surface area contributed by atoms with Gasteiger partial charge >= 0.3 is 0 Å². The van der Waals surface area contributed by atoms with E-state index in [0.29, 0.717) is 35.8 Å². The van der Waals surface area contributed by atoms with E-state index < -0.39 is 5.60 Å². The first-order valence-electron chi connectivity index (χ1n) is 5.71. The van der Waals surface area contributed by atoms with Crippen LogP contribution in [-0.4, -0.2) is 34.6 Å². The minimum absolute atomic E-state index is 0.178. The third kappa shape index (κ3) is 2.58. The lowest BCUT2D eigenvalue weighted by molar-refractivity contribution is 0.0572. The van der Waals surface area contributed by atoms with Gasteiger partial charge in [0.2, 0.25) is 0 Å². The second-order valence-electron chi connectivity index (χ2n) is 4.81. The fraction of sp³-hybridized carbons (Fsp3) is 0.417. The van der Waals surface area contributed by atoms with Crippen LogP contribution in [0.4, 0.5) is 5.69 Å². The van der Waals surface area contributed by atoms with Crippen molar-refractivity contribution < 1.29 is 9.90 Å². The van der Waals surface area contributed by atoms with E-state index in [4.69, 9.17) is 17.4 Å². The summed E-state index contributed by atoms with van der Waals surface area (Å²) in [5, 5.41) is 10.4. The number of nitrogen functional groups attached to an aromatic ring is 1. The Morgan fingerprint density at radius 2 is 2.33 bits per heavy atom. The lowest BCUT2D eigenvalue weighted by Crippen LogP contribution is -2.34. The predicted molar refractivity (Wildman–Crippen MR) is 70.4 cm³/mol. The van der Waals surface area contributed by atoms with Crippen molar-refractivity contribution in [1.82, 2.24) is 4.90 Å². The van der Waals surface area contributed by atoms with Crippen LogP contribution < -0.4 is 11.3 Å². The molecule has 5 nitrogen and oxygen atoms in total. The number of likely N-dealkylation sites (tertiary alicyclic amines) is 1. The Morgan fingerprint density at radius 1 is 1.61 bits per heavy atom. The van der Waals surface area contributed by atoms with Gasteiger partial charge in [-0.25, -0.2) is 0 Å². The van der Waals surface area contributed by atoms with Crippen molar-refractivity contribution in [3.8, 4) is 0 Å². The second kappa shape index (κ2) is 4.76. The van der Waals surface area contributed by atoms with Gasteiger partial charge in [-0.05, 0) is 31.5 Å². The molecular formula is C12H16ClN3O2. The number of nitrogens with one attached hydrogen (secondary N) is 1. The van der Waals surface area contributed by atoms with Gasteiger partial charge in [0.1, 0.15) is 0 Å². The van der Waals surface area contributed by atoms with Gasteiger partial charge in [0.25, 0.3) is 5.91 Å². The molecular weight excluding hydrogens is 254 g/mol. The summed E-state index contributed by atoms with van der Waals surface area (Å²) in [7, 11) is 0. The van der Waals surface area contributed by atoms with Gasteiger partial charge in [0, 0.05) is 18.1 Å². The smallest absolute Gasteiger partial charge is 0.256 e. The van der Waals surface area contributed by atoms with E-state index >= 15 is 0 Å². The van der Waals surface area contributed by atoms with Crippen LogP contribution in [0.5, 0.6) is 0 Å². The summed E-state index contributed by atoms with van der Waals surface area (Å²) in [4.78, 5) is 13.9. The minimum atomic E-state index is -0.815. The number of halogens is 1. The number of anilines is 1. The van der Waals surface area contributed by atoms with E-state index in [9.17, 15) is 9.90 Å². The topological polar surface area (TPSA) is 78.6 Å². The molecule has 98 valence electrons. The monoisotopic (exact) mass is 269 g/mol. The molecule has 4 N–H and O–H groups in total. The minimum Gasteiger partial charge on any atom is -0.388 e. The first-order valence-corrected chi connectivity index (χ1v) is 6.08. The summed E-state index contributed by atoms with van der Waals surface area (Å²) in [6.07, 6.45) is 0.574. The number of amides is 1. The normalized spacial score (nSPS) is 23.2. The van der Waals surface area contributed by atoms with Crippen molar-refractivity contribution in [3.63, 3.8) is 0 Å². The average molecular weight is 270 g/mol. The summed E-state index contributed by atoms with van der Waals surface area (Å²) in [5.41, 5.74) is 2.61. The number of benzene rings is 1. The van der Waals surface area contributed by atoms with E-state index in [1.807, 2.05) is 0 Å². The number of hydrogen-bond donors (Lipinski definition) is 3. The first-order chi connectivity index (χ1) is 8.43. The number of carbonyl (C=O) groups is 1. The standard InChI is InChI=1S/C12H16ClN3O2/c1-12(18)4-5-16(7-12)11(17)9-6-8(13)2-3-10(9)15-14/h2-3,6,15,18H,4-5,7,14H2,1H3. The fourth-order valence-electron chi connectivity index (χ4n) is 2.11. The molecule has 2 rings (SSSR count). The van der Waals surface area contributed by atoms with Crippen LogP contribution >= 0.6 is 11.6 Å². The van der Waals surface area contributed by atoms with E-state index in [2.05, 4.69) is 5.43 Å². The Kier molecular flexibility index (Phi) is 3.47. The van der Waals surface area contributed by atoms with Crippen LogP contribution in [0.1, 0.15) is 23.7 Å². The molecule has 18 heavy (non-hydrogen) atoms. The molecule has 1 unspecified atom stereocenters. The van der Waals surface area contributed by atoms with Gasteiger partial charge < -0.3 is 15.4 Å². The molecule has 1 saturated heterocycles. The number of rotatable bonds is 2. The van der Waals surface area contributed by atoms with Gasteiger partial charge in [-0.1, -0.05) is 11.6 Å². The zero-order chi connectivity index (χ0) is 13.3. The van der Waals surface area contributed by atoms with Gasteiger partial charge in [-0.15, -0.1) is 0 Å². The quantitative estimate of drug-likeness (QED) is 0.557. The molecule has 1 aliphatic rings. The molecule has 1 fully saturated rings. The van der Waals surface area contributed by atoms with E-state index in [1.54, 1.807) is 30.0 Å². The van der Waals surface area contributed by atoms with E-state index in [-0.39, 0.29) is 5.91 Å². The van der Waals surface area contributed by atoms with Crippen LogP contribution in [0, 0.1) is 0 Å². The highest BCUT2D eigenvalue weighted by molar-refractivity contribution is 6.31. The van der Waals surface area contributed by atoms with Crippen LogP contribution in [0.15, 0.2) is 18.2 Å². The van der Waals surface area contributed by atoms with Crippen LogP contribution in [-0.2, 0) is 0 Å². The number of hydrazine groups is 1. The number of aliphatic hydroxyl groups is 1. The fourth-order valence-corrected chi connectivity index (χ4v) is 2.28. The number of nitrogens with two attached hydrogens (primary N) is 1. The molecule has 0 radical (unpaired) electrons. The summed E-state index contributed by atoms with van der Waals surface area (Å²) >= 11 is 5.89. The van der Waals surface area contributed by atoms with Gasteiger partial charge in [0.15, 0.2) is 0 Å². The molecule has 1 atom stereocenters. The maximum Gasteiger partial charge on any atom is 0.256 e. The second-order valence-corrected chi connectivity index (χ2v) is 5.24. The molecule has 6 heteroatoms. The molecule has 1 aliphatic heterocycles. The largest absolute Gasteiger partial charge is 0.388 e. The molecule has 0 aliphatic carbocycles. The van der Waals surface area contributed by atoms with Crippen molar-refractivity contribution in [2.24, 2.45) is 5.84 Å². The van der Waals surface area contributed by atoms with E-state index in [0.717, 1.165) is 0 Å².